The lowest BCUT2D eigenvalue weighted by Gasteiger charge is -2.13. The maximum absolute atomic E-state index is 13.6. The molecule has 0 fully saturated rings. The summed E-state index contributed by atoms with van der Waals surface area (Å²) >= 11 is 6.02. The van der Waals surface area contributed by atoms with Crippen LogP contribution in [0.3, 0.4) is 0 Å². The molecule has 3 aromatic carbocycles. The van der Waals surface area contributed by atoms with Gasteiger partial charge in [-0.15, -0.1) is 0 Å². The van der Waals surface area contributed by atoms with Crippen LogP contribution in [0.4, 0.5) is 23.2 Å². The third-order valence-corrected chi connectivity index (χ3v) is 4.14. The Kier molecular flexibility index (Phi) is 5.19. The van der Waals surface area contributed by atoms with E-state index in [1.807, 2.05) is 0 Å². The molecule has 0 spiro atoms. The van der Waals surface area contributed by atoms with Crippen molar-refractivity contribution in [1.29, 1.82) is 0 Å². The first-order valence-electron chi connectivity index (χ1n) is 7.73. The molecule has 138 valence electrons. The standard InChI is InChI=1S/C20H12ClF4NO/c21-17-10-7-13(20(23,24)25)11-16(17)12-5-8-14(9-6-12)26-19(27)15-3-1-2-4-18(15)22/h1-11H,(H,26,27)/p-1. The maximum atomic E-state index is 13.6. The van der Waals surface area contributed by atoms with Crippen LogP contribution in [0.1, 0.15) is 11.1 Å². The number of hydrogen-bond donors (Lipinski definition) is 0. The number of rotatable bonds is 3. The Labute approximate surface area is 157 Å². The van der Waals surface area contributed by atoms with E-state index in [0.717, 1.165) is 18.2 Å². The molecule has 0 saturated carbocycles. The summed E-state index contributed by atoms with van der Waals surface area (Å²) in [6.45, 7) is 0. The van der Waals surface area contributed by atoms with Crippen molar-refractivity contribution in [3.63, 3.8) is 0 Å². The third kappa shape index (κ3) is 4.28. The van der Waals surface area contributed by atoms with Crippen LogP contribution in [0.15, 0.2) is 71.7 Å². The monoisotopic (exact) mass is 392 g/mol. The lowest BCUT2D eigenvalue weighted by atomic mass is 10.0. The third-order valence-electron chi connectivity index (χ3n) is 3.81. The van der Waals surface area contributed by atoms with Crippen LogP contribution in [0.5, 0.6) is 0 Å². The molecule has 0 aromatic heterocycles. The Morgan fingerprint density at radius 3 is 2.22 bits per heavy atom. The van der Waals surface area contributed by atoms with Gasteiger partial charge in [-0.2, -0.15) is 13.2 Å². The summed E-state index contributed by atoms with van der Waals surface area (Å²) in [4.78, 5) is 3.81. The van der Waals surface area contributed by atoms with Gasteiger partial charge in [0.05, 0.1) is 11.3 Å². The largest absolute Gasteiger partial charge is 0.858 e. The molecule has 0 bridgehead atoms. The predicted molar refractivity (Wildman–Crippen MR) is 94.5 cm³/mol. The Hall–Kier alpha value is -2.86. The predicted octanol–water partition coefficient (Wildman–Crippen LogP) is 5.60. The molecule has 27 heavy (non-hydrogen) atoms. The van der Waals surface area contributed by atoms with E-state index in [1.165, 1.54) is 48.5 Å². The first-order valence-corrected chi connectivity index (χ1v) is 8.11. The quantitative estimate of drug-likeness (QED) is 0.324. The summed E-state index contributed by atoms with van der Waals surface area (Å²) in [5.74, 6) is -1.43. The molecular weight excluding hydrogens is 382 g/mol. The highest BCUT2D eigenvalue weighted by atomic mass is 35.5. The van der Waals surface area contributed by atoms with E-state index in [-0.39, 0.29) is 21.8 Å². The van der Waals surface area contributed by atoms with E-state index in [4.69, 9.17) is 11.6 Å². The fourth-order valence-electron chi connectivity index (χ4n) is 2.45. The van der Waals surface area contributed by atoms with E-state index in [2.05, 4.69) is 4.99 Å². The van der Waals surface area contributed by atoms with Gasteiger partial charge in [-0.05, 0) is 47.9 Å². The van der Waals surface area contributed by atoms with Crippen molar-refractivity contribution in [2.45, 2.75) is 6.18 Å². The van der Waals surface area contributed by atoms with Crippen LogP contribution < -0.4 is 5.11 Å². The number of alkyl halides is 3. The molecular formula is C20H11ClF4NO-. The molecule has 0 radical (unpaired) electrons. The highest BCUT2D eigenvalue weighted by Crippen LogP contribution is 2.36. The van der Waals surface area contributed by atoms with Crippen molar-refractivity contribution >= 4 is 23.2 Å². The van der Waals surface area contributed by atoms with Crippen molar-refractivity contribution in [3.8, 4) is 11.1 Å². The zero-order valence-electron chi connectivity index (χ0n) is 13.6. The average molecular weight is 393 g/mol. The first kappa shape index (κ1) is 18.9. The van der Waals surface area contributed by atoms with Gasteiger partial charge in [0.2, 0.25) is 0 Å². The van der Waals surface area contributed by atoms with Gasteiger partial charge in [-0.25, -0.2) is 4.39 Å². The lowest BCUT2D eigenvalue weighted by Crippen LogP contribution is -2.19. The summed E-state index contributed by atoms with van der Waals surface area (Å²) in [5, 5.41) is 12.2. The summed E-state index contributed by atoms with van der Waals surface area (Å²) < 4.78 is 52.3. The topological polar surface area (TPSA) is 35.4 Å². The zero-order valence-corrected chi connectivity index (χ0v) is 14.4. The van der Waals surface area contributed by atoms with E-state index in [9.17, 15) is 22.7 Å². The maximum Gasteiger partial charge on any atom is 0.416 e. The van der Waals surface area contributed by atoms with Crippen LogP contribution in [0, 0.1) is 5.82 Å². The van der Waals surface area contributed by atoms with Crippen LogP contribution in [-0.4, -0.2) is 5.90 Å². The van der Waals surface area contributed by atoms with Crippen molar-refractivity contribution < 1.29 is 22.7 Å². The molecule has 0 aliphatic rings. The van der Waals surface area contributed by atoms with E-state index >= 15 is 0 Å². The molecule has 2 nitrogen and oxygen atoms in total. The van der Waals surface area contributed by atoms with Crippen LogP contribution in [0.25, 0.3) is 11.1 Å². The normalized spacial score (nSPS) is 12.3. The van der Waals surface area contributed by atoms with Crippen molar-refractivity contribution in [1.82, 2.24) is 0 Å². The van der Waals surface area contributed by atoms with Gasteiger partial charge < -0.3 is 5.11 Å². The van der Waals surface area contributed by atoms with Crippen molar-refractivity contribution in [3.05, 3.63) is 88.7 Å². The highest BCUT2D eigenvalue weighted by molar-refractivity contribution is 6.33. The molecule has 0 N–H and O–H groups in total. The van der Waals surface area contributed by atoms with Gasteiger partial charge >= 0.3 is 6.18 Å². The smallest absolute Gasteiger partial charge is 0.416 e. The summed E-state index contributed by atoms with van der Waals surface area (Å²) in [7, 11) is 0. The van der Waals surface area contributed by atoms with Crippen molar-refractivity contribution in [2.24, 2.45) is 4.99 Å². The molecule has 0 aliphatic heterocycles. The molecule has 7 heteroatoms. The van der Waals surface area contributed by atoms with Crippen LogP contribution in [0.2, 0.25) is 5.02 Å². The number of benzene rings is 3. The van der Waals surface area contributed by atoms with Gasteiger partial charge in [0, 0.05) is 16.1 Å². The molecule has 0 atom stereocenters. The number of aliphatic imine (C=N–C) groups is 1. The molecule has 0 heterocycles. The Morgan fingerprint density at radius 1 is 0.926 bits per heavy atom. The lowest BCUT2D eigenvalue weighted by molar-refractivity contribution is -0.212. The number of halogens is 5. The number of hydrogen-bond acceptors (Lipinski definition) is 2. The molecule has 3 aromatic rings. The van der Waals surface area contributed by atoms with Gasteiger partial charge in [0.1, 0.15) is 5.82 Å². The molecule has 0 saturated heterocycles. The van der Waals surface area contributed by atoms with Gasteiger partial charge in [0.15, 0.2) is 0 Å². The molecule has 3 rings (SSSR count). The second-order valence-corrected chi connectivity index (χ2v) is 6.04. The Balaban J connectivity index is 1.93. The Morgan fingerprint density at radius 2 is 1.59 bits per heavy atom. The second kappa shape index (κ2) is 7.40. The highest BCUT2D eigenvalue weighted by Gasteiger charge is 2.31. The van der Waals surface area contributed by atoms with Gasteiger partial charge in [-0.1, -0.05) is 41.9 Å². The fourth-order valence-corrected chi connectivity index (χ4v) is 2.68. The number of nitrogens with zero attached hydrogens (tertiary/aromatic N) is 1. The minimum atomic E-state index is -4.49. The summed E-state index contributed by atoms with van der Waals surface area (Å²) in [6.07, 6.45) is -4.49. The molecule has 0 unspecified atom stereocenters. The summed E-state index contributed by atoms with van der Waals surface area (Å²) in [5.41, 5.74) is -0.0927. The molecule has 0 aliphatic carbocycles. The minimum absolute atomic E-state index is 0.162. The van der Waals surface area contributed by atoms with Crippen molar-refractivity contribution in [2.75, 3.05) is 0 Å². The van der Waals surface area contributed by atoms with Gasteiger partial charge in [-0.3, -0.25) is 4.99 Å². The second-order valence-electron chi connectivity index (χ2n) is 5.64. The molecule has 0 amide bonds. The van der Waals surface area contributed by atoms with E-state index in [0.29, 0.717) is 5.56 Å². The average Bonchev–Trinajstić information content (AvgIpc) is 2.62. The minimum Gasteiger partial charge on any atom is -0.858 e. The fraction of sp³-hybridized carbons (Fsp3) is 0.0500. The summed E-state index contributed by atoms with van der Waals surface area (Å²) in [6, 6.07) is 14.4. The zero-order chi connectivity index (χ0) is 19.6. The first-order chi connectivity index (χ1) is 12.8. The van der Waals surface area contributed by atoms with E-state index in [1.54, 1.807) is 0 Å². The SMILES string of the molecule is [O-]C(=Nc1ccc(-c2cc(C(F)(F)F)ccc2Cl)cc1)c1ccccc1F. The van der Waals surface area contributed by atoms with Crippen LogP contribution in [-0.2, 0) is 6.18 Å². The van der Waals surface area contributed by atoms with Crippen LogP contribution >= 0.6 is 11.6 Å². The van der Waals surface area contributed by atoms with Gasteiger partial charge in [0.25, 0.3) is 0 Å². The Bertz CT molecular complexity index is 998. The van der Waals surface area contributed by atoms with E-state index < -0.39 is 23.5 Å².